The molecule has 1 saturated carbocycles. The van der Waals surface area contributed by atoms with Crippen LogP contribution in [-0.2, 0) is 14.4 Å². The van der Waals surface area contributed by atoms with E-state index in [1.54, 1.807) is 6.07 Å². The van der Waals surface area contributed by atoms with Crippen molar-refractivity contribution < 1.29 is 14.4 Å². The highest BCUT2D eigenvalue weighted by molar-refractivity contribution is 6.05. The Balaban J connectivity index is 1.44. The Hall–Kier alpha value is -3.10. The highest BCUT2D eigenvalue weighted by Crippen LogP contribution is 2.38. The van der Waals surface area contributed by atoms with Gasteiger partial charge in [0.2, 0.25) is 17.7 Å². The van der Waals surface area contributed by atoms with Crippen LogP contribution in [-0.4, -0.2) is 48.9 Å². The van der Waals surface area contributed by atoms with Gasteiger partial charge in [0, 0.05) is 30.4 Å². The van der Waals surface area contributed by atoms with Gasteiger partial charge in [0.25, 0.3) is 5.95 Å². The summed E-state index contributed by atoms with van der Waals surface area (Å²) < 4.78 is 1.49. The Labute approximate surface area is 174 Å². The number of imide groups is 1. The van der Waals surface area contributed by atoms with Gasteiger partial charge >= 0.3 is 0 Å². The molecule has 0 spiro atoms. The number of nitrogens with one attached hydrogen (secondary N) is 1. The summed E-state index contributed by atoms with van der Waals surface area (Å²) in [5.74, 6) is -0.0969. The van der Waals surface area contributed by atoms with E-state index in [-0.39, 0.29) is 42.5 Å². The van der Waals surface area contributed by atoms with Crippen LogP contribution in [0.25, 0.3) is 5.95 Å². The highest BCUT2D eigenvalue weighted by atomic mass is 16.2. The summed E-state index contributed by atoms with van der Waals surface area (Å²) in [6.07, 6.45) is 3.55. The summed E-state index contributed by atoms with van der Waals surface area (Å²) in [6.45, 7) is 5.66. The van der Waals surface area contributed by atoms with Crippen molar-refractivity contribution in [2.45, 2.75) is 52.9 Å². The molecule has 4 rings (SSSR count). The van der Waals surface area contributed by atoms with E-state index in [1.807, 2.05) is 26.8 Å². The molecule has 1 N–H and O–H groups in total. The number of anilines is 1. The number of nitrogens with zero attached hydrogens (tertiary/aromatic N) is 5. The van der Waals surface area contributed by atoms with E-state index in [0.29, 0.717) is 17.5 Å². The zero-order chi connectivity index (χ0) is 21.4. The average molecular weight is 410 g/mol. The molecule has 2 fully saturated rings. The van der Waals surface area contributed by atoms with Gasteiger partial charge in [0.05, 0.1) is 17.5 Å². The molecule has 2 aromatic rings. The zero-order valence-corrected chi connectivity index (χ0v) is 17.5. The van der Waals surface area contributed by atoms with Crippen LogP contribution in [0.1, 0.15) is 49.2 Å². The lowest BCUT2D eigenvalue weighted by Gasteiger charge is -2.19. The van der Waals surface area contributed by atoms with Crippen molar-refractivity contribution >= 4 is 23.5 Å². The van der Waals surface area contributed by atoms with Gasteiger partial charge in [-0.2, -0.15) is 9.78 Å². The minimum atomic E-state index is -0.295. The van der Waals surface area contributed by atoms with Crippen LogP contribution in [0.15, 0.2) is 12.1 Å². The van der Waals surface area contributed by atoms with Gasteiger partial charge in [0.15, 0.2) is 0 Å². The molecule has 2 aromatic heterocycles. The third-order valence-corrected chi connectivity index (χ3v) is 5.75. The van der Waals surface area contributed by atoms with Gasteiger partial charge in [-0.1, -0.05) is 12.8 Å². The number of hydrogen-bond donors (Lipinski definition) is 1. The highest BCUT2D eigenvalue weighted by Gasteiger charge is 2.47. The van der Waals surface area contributed by atoms with E-state index < -0.39 is 0 Å². The van der Waals surface area contributed by atoms with Crippen molar-refractivity contribution in [3.8, 4) is 5.95 Å². The van der Waals surface area contributed by atoms with Crippen molar-refractivity contribution in [3.05, 3.63) is 29.2 Å². The number of carbonyl (C=O) groups is 3. The van der Waals surface area contributed by atoms with E-state index >= 15 is 0 Å². The molecule has 2 unspecified atom stereocenters. The first-order chi connectivity index (χ1) is 14.3. The molecular weight excluding hydrogens is 384 g/mol. The summed E-state index contributed by atoms with van der Waals surface area (Å²) in [4.78, 5) is 47.8. The van der Waals surface area contributed by atoms with E-state index in [0.717, 1.165) is 37.1 Å². The fourth-order valence-electron chi connectivity index (χ4n) is 4.41. The van der Waals surface area contributed by atoms with Crippen LogP contribution in [0.5, 0.6) is 0 Å². The second-order valence-corrected chi connectivity index (χ2v) is 8.16. The molecule has 1 saturated heterocycles. The third kappa shape index (κ3) is 3.83. The zero-order valence-electron chi connectivity index (χ0n) is 17.5. The SMILES string of the molecule is Cc1cc(C)nc(-n2nc(C)cc2NC(=O)CCN2C(=O)C3CCCCC3C2=O)n1. The molecule has 1 aliphatic heterocycles. The van der Waals surface area contributed by atoms with Gasteiger partial charge in [0.1, 0.15) is 5.82 Å². The Morgan fingerprint density at radius 3 is 2.20 bits per heavy atom. The summed E-state index contributed by atoms with van der Waals surface area (Å²) >= 11 is 0. The van der Waals surface area contributed by atoms with Gasteiger partial charge in [-0.3, -0.25) is 19.3 Å². The molecule has 0 aromatic carbocycles. The first-order valence-corrected chi connectivity index (χ1v) is 10.4. The monoisotopic (exact) mass is 410 g/mol. The van der Waals surface area contributed by atoms with Gasteiger partial charge in [-0.15, -0.1) is 0 Å². The number of aryl methyl sites for hydroxylation is 3. The first kappa shape index (κ1) is 20.2. The molecule has 30 heavy (non-hydrogen) atoms. The Kier molecular flexibility index (Phi) is 5.36. The normalized spacial score (nSPS) is 21.1. The second-order valence-electron chi connectivity index (χ2n) is 8.16. The number of fused-ring (bicyclic) bond motifs is 1. The Morgan fingerprint density at radius 2 is 1.60 bits per heavy atom. The van der Waals surface area contributed by atoms with Crippen LogP contribution in [0.2, 0.25) is 0 Å². The maximum absolute atomic E-state index is 12.6. The van der Waals surface area contributed by atoms with Crippen molar-refractivity contribution in [2.24, 2.45) is 11.8 Å². The lowest BCUT2D eigenvalue weighted by Crippen LogP contribution is -2.34. The van der Waals surface area contributed by atoms with Crippen molar-refractivity contribution in [1.82, 2.24) is 24.6 Å². The van der Waals surface area contributed by atoms with Crippen LogP contribution < -0.4 is 5.32 Å². The van der Waals surface area contributed by atoms with Gasteiger partial charge in [-0.25, -0.2) is 9.97 Å². The fourth-order valence-corrected chi connectivity index (χ4v) is 4.41. The van der Waals surface area contributed by atoms with Crippen LogP contribution >= 0.6 is 0 Å². The maximum Gasteiger partial charge on any atom is 0.252 e. The average Bonchev–Trinajstić information content (AvgIpc) is 3.17. The van der Waals surface area contributed by atoms with Crippen molar-refractivity contribution in [1.29, 1.82) is 0 Å². The van der Waals surface area contributed by atoms with Crippen LogP contribution in [0.4, 0.5) is 5.82 Å². The molecule has 3 amide bonds. The van der Waals surface area contributed by atoms with Crippen molar-refractivity contribution in [3.63, 3.8) is 0 Å². The molecule has 0 radical (unpaired) electrons. The predicted molar refractivity (Wildman–Crippen MR) is 109 cm³/mol. The summed E-state index contributed by atoms with van der Waals surface area (Å²) in [5, 5.41) is 7.20. The van der Waals surface area contributed by atoms with Crippen LogP contribution in [0.3, 0.4) is 0 Å². The maximum atomic E-state index is 12.6. The fraction of sp³-hybridized carbons (Fsp3) is 0.524. The lowest BCUT2D eigenvalue weighted by molar-refractivity contribution is -0.140. The summed E-state index contributed by atoms with van der Waals surface area (Å²) in [6, 6.07) is 3.60. The number of carbonyl (C=O) groups excluding carboxylic acids is 3. The van der Waals surface area contributed by atoms with Gasteiger partial charge in [-0.05, 0) is 39.7 Å². The predicted octanol–water partition coefficient (Wildman–Crippen LogP) is 2.09. The summed E-state index contributed by atoms with van der Waals surface area (Å²) in [5.41, 5.74) is 2.31. The minimum absolute atomic E-state index is 0.0366. The quantitative estimate of drug-likeness (QED) is 0.756. The molecule has 158 valence electrons. The lowest BCUT2D eigenvalue weighted by atomic mass is 9.81. The number of hydrogen-bond acceptors (Lipinski definition) is 6. The molecule has 3 heterocycles. The molecular formula is C21H26N6O3. The topological polar surface area (TPSA) is 110 Å². The smallest absolute Gasteiger partial charge is 0.252 e. The van der Waals surface area contributed by atoms with Gasteiger partial charge < -0.3 is 5.32 Å². The number of aromatic nitrogens is 4. The first-order valence-electron chi connectivity index (χ1n) is 10.4. The molecule has 1 aliphatic carbocycles. The van der Waals surface area contributed by atoms with E-state index in [4.69, 9.17) is 0 Å². The second kappa shape index (κ2) is 7.97. The number of amides is 3. The third-order valence-electron chi connectivity index (χ3n) is 5.75. The summed E-state index contributed by atoms with van der Waals surface area (Å²) in [7, 11) is 0. The Morgan fingerprint density at radius 1 is 1.00 bits per heavy atom. The van der Waals surface area contributed by atoms with Crippen LogP contribution in [0, 0.1) is 32.6 Å². The minimum Gasteiger partial charge on any atom is -0.310 e. The van der Waals surface area contributed by atoms with Crippen molar-refractivity contribution in [2.75, 3.05) is 11.9 Å². The molecule has 2 aliphatic rings. The van der Waals surface area contributed by atoms with E-state index in [1.165, 1.54) is 9.58 Å². The molecule has 9 heteroatoms. The number of likely N-dealkylation sites (tertiary alicyclic amines) is 1. The Bertz CT molecular complexity index is 970. The molecule has 2 atom stereocenters. The number of rotatable bonds is 5. The molecule has 9 nitrogen and oxygen atoms in total. The standard InChI is InChI=1S/C21H26N6O3/c1-12-10-13(2)23-21(22-12)27-17(11-14(3)25-27)24-18(28)8-9-26-19(29)15-6-4-5-7-16(15)20(26)30/h10-11,15-16H,4-9H2,1-3H3,(H,24,28). The largest absolute Gasteiger partial charge is 0.310 e. The van der Waals surface area contributed by atoms with E-state index in [9.17, 15) is 14.4 Å². The van der Waals surface area contributed by atoms with E-state index in [2.05, 4.69) is 20.4 Å². The molecule has 0 bridgehead atoms.